The quantitative estimate of drug-likeness (QED) is 0.595. The largest absolute Gasteiger partial charge is 0.481 e. The molecule has 1 aliphatic carbocycles. The van der Waals surface area contributed by atoms with Crippen molar-refractivity contribution >= 4 is 34.4 Å². The minimum Gasteiger partial charge on any atom is -0.481 e. The van der Waals surface area contributed by atoms with Crippen LogP contribution >= 0.6 is 11.6 Å². The van der Waals surface area contributed by atoms with Crippen LogP contribution in [0.15, 0.2) is 24.7 Å². The van der Waals surface area contributed by atoms with Crippen molar-refractivity contribution in [2.75, 3.05) is 5.32 Å². The number of nitrogens with one attached hydrogen (secondary N) is 1. The molecule has 29 heavy (non-hydrogen) atoms. The number of anilines is 1. The maximum atomic E-state index is 14.4. The molecule has 3 heterocycles. The molecule has 3 aromatic heterocycles. The second-order valence-electron chi connectivity index (χ2n) is 7.19. The number of carboxylic acids is 1. The van der Waals surface area contributed by atoms with Gasteiger partial charge in [0.25, 0.3) is 0 Å². The molecule has 0 bridgehead atoms. The Morgan fingerprint density at radius 1 is 1.34 bits per heavy atom. The predicted octanol–water partition coefficient (Wildman–Crippen LogP) is 2.85. The Hall–Kier alpha value is -2.78. The smallest absolute Gasteiger partial charge is 0.309 e. The van der Waals surface area contributed by atoms with Gasteiger partial charge >= 0.3 is 5.97 Å². The van der Waals surface area contributed by atoms with Crippen LogP contribution in [0.4, 0.5) is 10.2 Å². The van der Waals surface area contributed by atoms with E-state index in [1.165, 1.54) is 6.20 Å². The zero-order valence-corrected chi connectivity index (χ0v) is 16.3. The maximum Gasteiger partial charge on any atom is 0.309 e. The summed E-state index contributed by atoms with van der Waals surface area (Å²) in [6, 6.07) is 1.12. The lowest BCUT2D eigenvalue weighted by molar-refractivity contribution is -0.147. The van der Waals surface area contributed by atoms with E-state index in [2.05, 4.69) is 20.3 Å². The molecule has 0 radical (unpaired) electrons. The summed E-state index contributed by atoms with van der Waals surface area (Å²) in [5.74, 6) is -2.46. The number of carbonyl (C=O) groups is 1. The third-order valence-electron chi connectivity index (χ3n) is 5.26. The number of nitrogens with zero attached hydrogens (tertiary/aromatic N) is 4. The Labute approximate surface area is 170 Å². The summed E-state index contributed by atoms with van der Waals surface area (Å²) >= 11 is 6.07. The van der Waals surface area contributed by atoms with E-state index in [1.807, 2.05) is 7.05 Å². The van der Waals surface area contributed by atoms with Gasteiger partial charge in [0.2, 0.25) is 0 Å². The Morgan fingerprint density at radius 3 is 2.90 bits per heavy atom. The van der Waals surface area contributed by atoms with Gasteiger partial charge in [0, 0.05) is 30.4 Å². The van der Waals surface area contributed by atoms with Gasteiger partial charge < -0.3 is 20.1 Å². The SMILES string of the molecule is Cn1cc(-c2ncc(F)c(NC3CCCC(C(=O)O)C3O)n2)c2cc(Cl)cnc21. The van der Waals surface area contributed by atoms with Gasteiger partial charge in [-0.15, -0.1) is 0 Å². The van der Waals surface area contributed by atoms with E-state index in [0.29, 0.717) is 35.5 Å². The lowest BCUT2D eigenvalue weighted by atomic mass is 9.83. The number of carboxylic acid groups (broad SMARTS) is 1. The van der Waals surface area contributed by atoms with Gasteiger partial charge in [-0.3, -0.25) is 4.79 Å². The van der Waals surface area contributed by atoms with Gasteiger partial charge in [0.15, 0.2) is 17.5 Å². The van der Waals surface area contributed by atoms with Crippen LogP contribution in [0, 0.1) is 11.7 Å². The third kappa shape index (κ3) is 3.63. The van der Waals surface area contributed by atoms with Crippen LogP contribution in [0.25, 0.3) is 22.4 Å². The van der Waals surface area contributed by atoms with E-state index < -0.39 is 29.9 Å². The number of rotatable bonds is 4. The normalized spacial score (nSPS) is 22.0. The molecule has 0 saturated heterocycles. The van der Waals surface area contributed by atoms with E-state index in [-0.39, 0.29) is 11.6 Å². The summed E-state index contributed by atoms with van der Waals surface area (Å²) in [6.45, 7) is 0. The first-order valence-corrected chi connectivity index (χ1v) is 9.54. The predicted molar refractivity (Wildman–Crippen MR) is 105 cm³/mol. The highest BCUT2D eigenvalue weighted by Gasteiger charge is 2.36. The first-order chi connectivity index (χ1) is 13.8. The minimum absolute atomic E-state index is 0.0860. The first kappa shape index (κ1) is 19.5. The summed E-state index contributed by atoms with van der Waals surface area (Å²) in [5, 5.41) is 23.7. The monoisotopic (exact) mass is 419 g/mol. The lowest BCUT2D eigenvalue weighted by Crippen LogP contribution is -2.45. The number of pyridine rings is 1. The van der Waals surface area contributed by atoms with Crippen LogP contribution in [0.5, 0.6) is 0 Å². The topological polar surface area (TPSA) is 113 Å². The molecule has 0 amide bonds. The van der Waals surface area contributed by atoms with Crippen molar-refractivity contribution in [1.29, 1.82) is 0 Å². The van der Waals surface area contributed by atoms with Gasteiger partial charge in [-0.05, 0) is 18.9 Å². The maximum absolute atomic E-state index is 14.4. The van der Waals surface area contributed by atoms with E-state index >= 15 is 0 Å². The Morgan fingerprint density at radius 2 is 2.14 bits per heavy atom. The summed E-state index contributed by atoms with van der Waals surface area (Å²) < 4.78 is 16.2. The molecule has 1 fully saturated rings. The highest BCUT2D eigenvalue weighted by atomic mass is 35.5. The number of fused-ring (bicyclic) bond motifs is 1. The molecule has 4 rings (SSSR count). The molecule has 1 aliphatic rings. The van der Waals surface area contributed by atoms with E-state index in [0.717, 1.165) is 11.6 Å². The molecule has 0 spiro atoms. The number of hydrogen-bond acceptors (Lipinski definition) is 6. The molecule has 0 aliphatic heterocycles. The summed E-state index contributed by atoms with van der Waals surface area (Å²) in [5.41, 5.74) is 1.31. The number of aliphatic carboxylic acids is 1. The zero-order valence-electron chi connectivity index (χ0n) is 15.5. The number of aromatic nitrogens is 4. The molecule has 1 saturated carbocycles. The highest BCUT2D eigenvalue weighted by molar-refractivity contribution is 6.31. The number of aliphatic hydroxyl groups is 1. The van der Waals surface area contributed by atoms with E-state index in [4.69, 9.17) is 11.6 Å². The summed E-state index contributed by atoms with van der Waals surface area (Å²) in [4.78, 5) is 24.0. The molecule has 8 nitrogen and oxygen atoms in total. The van der Waals surface area contributed by atoms with Gasteiger partial charge in [-0.1, -0.05) is 18.0 Å². The lowest BCUT2D eigenvalue weighted by Gasteiger charge is -2.33. The van der Waals surface area contributed by atoms with Crippen molar-refractivity contribution in [2.24, 2.45) is 13.0 Å². The van der Waals surface area contributed by atoms with Gasteiger partial charge in [-0.2, -0.15) is 0 Å². The fourth-order valence-corrected chi connectivity index (χ4v) is 3.95. The fourth-order valence-electron chi connectivity index (χ4n) is 3.79. The fraction of sp³-hybridized carbons (Fsp3) is 0.368. The number of hydrogen-bond donors (Lipinski definition) is 3. The van der Waals surface area contributed by atoms with Gasteiger partial charge in [-0.25, -0.2) is 19.3 Å². The summed E-state index contributed by atoms with van der Waals surface area (Å²) in [6.07, 6.45) is 4.73. The standard InChI is InChI=1S/C19H19ClFN5O3/c1-26-8-12(11-5-9(20)6-23-18(11)26)16-22-7-13(21)17(25-16)24-14-4-2-3-10(15(14)27)19(28)29/h5-8,10,14-15,27H,2-4H2,1H3,(H,28,29)(H,22,24,25). The van der Waals surface area contributed by atoms with Crippen LogP contribution in [0.2, 0.25) is 5.02 Å². The van der Waals surface area contributed by atoms with Crippen LogP contribution in [0.3, 0.4) is 0 Å². The van der Waals surface area contributed by atoms with Crippen molar-refractivity contribution in [2.45, 2.75) is 31.4 Å². The number of aliphatic hydroxyl groups excluding tert-OH is 1. The molecule has 3 aromatic rings. The summed E-state index contributed by atoms with van der Waals surface area (Å²) in [7, 11) is 1.82. The minimum atomic E-state index is -1.14. The molecule has 3 unspecified atom stereocenters. The molecule has 3 atom stereocenters. The zero-order chi connectivity index (χ0) is 20.7. The number of aryl methyl sites for hydroxylation is 1. The van der Waals surface area contributed by atoms with Crippen molar-refractivity contribution in [1.82, 2.24) is 19.5 Å². The average molecular weight is 420 g/mol. The van der Waals surface area contributed by atoms with Crippen LogP contribution in [-0.2, 0) is 11.8 Å². The van der Waals surface area contributed by atoms with E-state index in [1.54, 1.807) is 16.8 Å². The molecule has 3 N–H and O–H groups in total. The highest BCUT2D eigenvalue weighted by Crippen LogP contribution is 2.31. The van der Waals surface area contributed by atoms with Crippen LogP contribution in [-0.4, -0.2) is 47.8 Å². The molecule has 152 valence electrons. The van der Waals surface area contributed by atoms with Crippen molar-refractivity contribution < 1.29 is 19.4 Å². The number of halogens is 2. The second-order valence-corrected chi connectivity index (χ2v) is 7.62. The van der Waals surface area contributed by atoms with Gasteiger partial charge in [0.05, 0.1) is 29.3 Å². The van der Waals surface area contributed by atoms with Crippen LogP contribution in [0.1, 0.15) is 19.3 Å². The van der Waals surface area contributed by atoms with E-state index in [9.17, 15) is 19.4 Å². The van der Waals surface area contributed by atoms with Crippen molar-refractivity contribution in [3.8, 4) is 11.4 Å². The van der Waals surface area contributed by atoms with Crippen molar-refractivity contribution in [3.63, 3.8) is 0 Å². The average Bonchev–Trinajstić information content (AvgIpc) is 3.00. The second kappa shape index (κ2) is 7.57. The van der Waals surface area contributed by atoms with Crippen LogP contribution < -0.4 is 5.32 Å². The molecular formula is C19H19ClFN5O3. The Bertz CT molecular complexity index is 1090. The molecule has 0 aromatic carbocycles. The Kier molecular flexibility index (Phi) is 5.10. The third-order valence-corrected chi connectivity index (χ3v) is 5.47. The first-order valence-electron chi connectivity index (χ1n) is 9.16. The van der Waals surface area contributed by atoms with Gasteiger partial charge in [0.1, 0.15) is 5.65 Å². The Balaban J connectivity index is 1.69. The molecular weight excluding hydrogens is 401 g/mol. The van der Waals surface area contributed by atoms with Crippen molar-refractivity contribution in [3.05, 3.63) is 35.5 Å². The molecule has 10 heteroatoms.